The maximum absolute atomic E-state index is 12.3. The molecule has 0 saturated heterocycles. The molecule has 0 aliphatic carbocycles. The first-order valence-electron chi connectivity index (χ1n) is 12.1. The number of unbranched alkanes of at least 4 members (excludes halogenated alkanes) is 3. The molecule has 34 heavy (non-hydrogen) atoms. The molecule has 0 aromatic rings. The topological polar surface area (TPSA) is 128 Å². The van der Waals surface area contributed by atoms with Crippen molar-refractivity contribution >= 4 is 53.4 Å². The molecule has 190 valence electrons. The number of amides is 4. The van der Waals surface area contributed by atoms with Crippen LogP contribution in [0.1, 0.15) is 65.7 Å². The number of nitrogens with zero attached hydrogens (tertiary/aromatic N) is 2. The lowest BCUT2D eigenvalue weighted by atomic mass is 9.88. The van der Waals surface area contributed by atoms with Crippen molar-refractivity contribution in [2.75, 3.05) is 32.7 Å². The second-order valence-corrected chi connectivity index (χ2v) is 9.75. The van der Waals surface area contributed by atoms with Gasteiger partial charge in [-0.25, -0.2) is 0 Å². The molecule has 0 atom stereocenters. The van der Waals surface area contributed by atoms with Crippen molar-refractivity contribution in [2.24, 2.45) is 5.41 Å². The fourth-order valence-electron chi connectivity index (χ4n) is 2.97. The van der Waals surface area contributed by atoms with Crippen molar-refractivity contribution in [3.63, 3.8) is 0 Å². The molecule has 0 unspecified atom stereocenters. The molecule has 0 aliphatic heterocycles. The molecular weight excluding hydrogens is 435 g/mol. The summed E-state index contributed by atoms with van der Waals surface area (Å²) in [5.74, 6) is -0.528. The van der Waals surface area contributed by atoms with E-state index in [9.17, 15) is 24.0 Å². The summed E-state index contributed by atoms with van der Waals surface area (Å²) in [6, 6.07) is 0. The van der Waals surface area contributed by atoms with E-state index in [1.54, 1.807) is 23.9 Å². The quantitative estimate of drug-likeness (QED) is 0.157. The number of Topliss-reactive ketones (excluding diaryl/α,β-unsaturated/α-hetero) is 1. The maximum atomic E-state index is 12.3. The lowest BCUT2D eigenvalue weighted by molar-refractivity contribution is -0.129. The van der Waals surface area contributed by atoms with Gasteiger partial charge in [0.1, 0.15) is 5.78 Å². The van der Waals surface area contributed by atoms with Crippen LogP contribution in [0.4, 0.5) is 0 Å². The summed E-state index contributed by atoms with van der Waals surface area (Å²) >= 11 is 0. The van der Waals surface area contributed by atoms with Crippen LogP contribution < -0.4 is 15.9 Å². The Hall–Kier alpha value is -2.30. The van der Waals surface area contributed by atoms with E-state index in [1.807, 2.05) is 20.8 Å². The minimum atomic E-state index is -0.320. The summed E-state index contributed by atoms with van der Waals surface area (Å²) in [5, 5.41) is 8.14. The number of carbonyl (C=O) groups excluding carboxylic acids is 5. The molecule has 13 heteroatoms. The summed E-state index contributed by atoms with van der Waals surface area (Å²) in [4.78, 5) is 61.4. The standard InChI is InChI=1S/C21H42B3N5O5/c1-21(2,3)16(30)9-5-4-7-11-25-18(32)13-28(15-20(34)29(23)24)14-19(33)26-12-8-6-10-17(31)27-22/h4-15,22-24H2,1-3H3,(H,25,32)(H,26,33)(H,27,31). The van der Waals surface area contributed by atoms with Crippen LogP contribution in [-0.4, -0.2) is 95.7 Å². The molecule has 10 nitrogen and oxygen atoms in total. The number of ketones is 1. The van der Waals surface area contributed by atoms with Gasteiger partial charge in [0.2, 0.25) is 47.6 Å². The van der Waals surface area contributed by atoms with Gasteiger partial charge < -0.3 is 20.6 Å². The Morgan fingerprint density at radius 3 is 1.68 bits per heavy atom. The van der Waals surface area contributed by atoms with E-state index >= 15 is 0 Å². The maximum Gasteiger partial charge on any atom is 0.234 e. The summed E-state index contributed by atoms with van der Waals surface area (Å²) in [6.45, 7) is 6.47. The fourth-order valence-corrected chi connectivity index (χ4v) is 2.97. The van der Waals surface area contributed by atoms with Crippen LogP contribution in [0.2, 0.25) is 0 Å². The van der Waals surface area contributed by atoms with E-state index in [2.05, 4.69) is 15.9 Å². The Labute approximate surface area is 207 Å². The molecule has 0 radical (unpaired) electrons. The van der Waals surface area contributed by atoms with Gasteiger partial charge in [-0.2, -0.15) is 0 Å². The van der Waals surface area contributed by atoms with Crippen molar-refractivity contribution in [3.05, 3.63) is 0 Å². The van der Waals surface area contributed by atoms with Gasteiger partial charge in [0.25, 0.3) is 0 Å². The number of nitrogens with one attached hydrogen (secondary N) is 3. The van der Waals surface area contributed by atoms with Crippen LogP contribution in [0.5, 0.6) is 0 Å². The van der Waals surface area contributed by atoms with Gasteiger partial charge in [0.05, 0.1) is 19.6 Å². The van der Waals surface area contributed by atoms with Crippen LogP contribution in [-0.2, 0) is 24.0 Å². The number of carbonyl (C=O) groups is 5. The number of rotatable bonds is 17. The average molecular weight is 477 g/mol. The monoisotopic (exact) mass is 477 g/mol. The van der Waals surface area contributed by atoms with Crippen molar-refractivity contribution in [1.82, 2.24) is 25.5 Å². The Bertz CT molecular complexity index is 686. The van der Waals surface area contributed by atoms with E-state index in [0.717, 1.165) is 19.3 Å². The highest BCUT2D eigenvalue weighted by atomic mass is 16.2. The predicted octanol–water partition coefficient (Wildman–Crippen LogP) is -2.54. The zero-order chi connectivity index (χ0) is 26.1. The first-order chi connectivity index (χ1) is 15.9. The first kappa shape index (κ1) is 31.7. The molecule has 0 saturated carbocycles. The summed E-state index contributed by atoms with van der Waals surface area (Å²) in [7, 11) is 4.83. The summed E-state index contributed by atoms with van der Waals surface area (Å²) < 4.78 is 1.42. The van der Waals surface area contributed by atoms with E-state index in [-0.39, 0.29) is 54.5 Å². The molecular formula is C21H42B3N5O5. The zero-order valence-electron chi connectivity index (χ0n) is 21.9. The molecule has 0 spiro atoms. The van der Waals surface area contributed by atoms with Gasteiger partial charge in [0, 0.05) is 31.3 Å². The van der Waals surface area contributed by atoms with Gasteiger partial charge in [-0.15, -0.1) is 0 Å². The van der Waals surface area contributed by atoms with Gasteiger partial charge in [-0.05, 0) is 25.7 Å². The van der Waals surface area contributed by atoms with E-state index in [1.165, 1.54) is 9.62 Å². The minimum absolute atomic E-state index is 0.0379. The van der Waals surface area contributed by atoms with Gasteiger partial charge in [-0.1, -0.05) is 27.2 Å². The van der Waals surface area contributed by atoms with E-state index < -0.39 is 0 Å². The van der Waals surface area contributed by atoms with Crippen LogP contribution >= 0.6 is 0 Å². The molecule has 0 aliphatic rings. The number of hydrogen-bond donors (Lipinski definition) is 3. The van der Waals surface area contributed by atoms with Gasteiger partial charge >= 0.3 is 0 Å². The Morgan fingerprint density at radius 1 is 0.706 bits per heavy atom. The second-order valence-electron chi connectivity index (χ2n) is 9.75. The highest BCUT2D eigenvalue weighted by molar-refractivity contribution is 6.34. The third kappa shape index (κ3) is 16.3. The van der Waals surface area contributed by atoms with Crippen molar-refractivity contribution in [1.29, 1.82) is 0 Å². The molecule has 0 fully saturated rings. The molecule has 0 aromatic heterocycles. The molecule has 0 rings (SSSR count). The van der Waals surface area contributed by atoms with Gasteiger partial charge in [0.15, 0.2) is 0 Å². The third-order valence-electron chi connectivity index (χ3n) is 5.26. The number of hydrogen-bond acceptors (Lipinski definition) is 6. The van der Waals surface area contributed by atoms with Crippen LogP contribution in [0.25, 0.3) is 0 Å². The molecule has 3 N–H and O–H groups in total. The van der Waals surface area contributed by atoms with Crippen molar-refractivity contribution in [3.8, 4) is 0 Å². The lowest BCUT2D eigenvalue weighted by Crippen LogP contribution is -2.47. The third-order valence-corrected chi connectivity index (χ3v) is 5.26. The van der Waals surface area contributed by atoms with E-state index in [4.69, 9.17) is 0 Å². The fraction of sp³-hybridized carbons (Fsp3) is 0.762. The van der Waals surface area contributed by atoms with Crippen LogP contribution in [0.15, 0.2) is 0 Å². The Balaban J connectivity index is 4.38. The smallest absolute Gasteiger partial charge is 0.234 e. The van der Waals surface area contributed by atoms with Crippen LogP contribution in [0, 0.1) is 5.41 Å². The van der Waals surface area contributed by atoms with Crippen molar-refractivity contribution in [2.45, 2.75) is 65.7 Å². The predicted molar refractivity (Wildman–Crippen MR) is 140 cm³/mol. The molecule has 0 bridgehead atoms. The van der Waals surface area contributed by atoms with Crippen molar-refractivity contribution < 1.29 is 24.0 Å². The van der Waals surface area contributed by atoms with E-state index in [0.29, 0.717) is 38.8 Å². The average Bonchev–Trinajstić information content (AvgIpc) is 2.74. The molecule has 0 heterocycles. The molecule has 0 aromatic carbocycles. The SMILES string of the molecule is BNC(=O)CCCCNC(=O)CN(CC(=O)NCCCCCC(=O)C(C)(C)C)CC(=O)N(B)B. The lowest BCUT2D eigenvalue weighted by Gasteiger charge is -2.23. The van der Waals surface area contributed by atoms with Crippen LogP contribution in [0.3, 0.4) is 0 Å². The highest BCUT2D eigenvalue weighted by Gasteiger charge is 2.20. The largest absolute Gasteiger partial charge is 0.442 e. The first-order valence-corrected chi connectivity index (χ1v) is 12.1. The normalized spacial score (nSPS) is 11.1. The summed E-state index contributed by atoms with van der Waals surface area (Å²) in [6.07, 6.45) is 4.66. The molecule has 4 amide bonds. The Kier molecular flexibility index (Phi) is 16.0. The zero-order valence-corrected chi connectivity index (χ0v) is 21.9. The minimum Gasteiger partial charge on any atom is -0.442 e. The highest BCUT2D eigenvalue weighted by Crippen LogP contribution is 2.18. The second kappa shape index (κ2) is 17.2. The Morgan fingerprint density at radius 2 is 1.21 bits per heavy atom. The summed E-state index contributed by atoms with van der Waals surface area (Å²) in [5.41, 5.74) is -0.320. The van der Waals surface area contributed by atoms with Gasteiger partial charge in [-0.3, -0.25) is 28.9 Å².